The van der Waals surface area contributed by atoms with Crippen LogP contribution in [0.4, 0.5) is 0 Å². The van der Waals surface area contributed by atoms with Crippen molar-refractivity contribution in [1.29, 1.82) is 0 Å². The van der Waals surface area contributed by atoms with Crippen molar-refractivity contribution in [3.8, 4) is 0 Å². The molecule has 98 valence electrons. The number of thiazole rings is 1. The average molecular weight is 255 g/mol. The molecule has 0 bridgehead atoms. The van der Waals surface area contributed by atoms with Crippen molar-refractivity contribution in [2.45, 2.75) is 39.7 Å². The number of nitrogens with zero attached hydrogens (tertiary/aromatic N) is 2. The van der Waals surface area contributed by atoms with Crippen LogP contribution in [0.15, 0.2) is 6.20 Å². The molecule has 0 atom stereocenters. The van der Waals surface area contributed by atoms with Gasteiger partial charge in [0.05, 0.1) is 5.01 Å². The van der Waals surface area contributed by atoms with Crippen molar-refractivity contribution in [3.05, 3.63) is 16.1 Å². The minimum absolute atomic E-state index is 0.172. The maximum atomic E-state index is 4.49. The van der Waals surface area contributed by atoms with E-state index >= 15 is 0 Å². The Morgan fingerprint density at radius 1 is 1.41 bits per heavy atom. The smallest absolute Gasteiger partial charge is 0.0981 e. The van der Waals surface area contributed by atoms with Gasteiger partial charge in [0.25, 0.3) is 0 Å². The molecular formula is C13H25N3S. The standard InChI is InChI=1S/C13H25N3S/c1-6-16(5)8-7-14-9-11-10-15-12(17-11)13(2,3)4/h10,14H,6-9H2,1-5H3. The minimum atomic E-state index is 0.172. The predicted octanol–water partition coefficient (Wildman–Crippen LogP) is 2.48. The van der Waals surface area contributed by atoms with Gasteiger partial charge in [-0.3, -0.25) is 0 Å². The number of likely N-dealkylation sites (N-methyl/N-ethyl adjacent to an activating group) is 1. The molecule has 0 spiro atoms. The third kappa shape index (κ3) is 5.15. The van der Waals surface area contributed by atoms with Gasteiger partial charge in [-0.15, -0.1) is 11.3 Å². The number of hydrogen-bond acceptors (Lipinski definition) is 4. The molecule has 0 radical (unpaired) electrons. The fourth-order valence-corrected chi connectivity index (χ4v) is 2.32. The highest BCUT2D eigenvalue weighted by molar-refractivity contribution is 7.11. The largest absolute Gasteiger partial charge is 0.311 e. The number of nitrogens with one attached hydrogen (secondary N) is 1. The Kier molecular flexibility index (Phi) is 5.56. The molecule has 0 aromatic carbocycles. The summed E-state index contributed by atoms with van der Waals surface area (Å²) >= 11 is 1.82. The van der Waals surface area contributed by atoms with E-state index in [1.54, 1.807) is 0 Å². The molecule has 1 N–H and O–H groups in total. The second kappa shape index (κ2) is 6.47. The number of hydrogen-bond donors (Lipinski definition) is 1. The van der Waals surface area contributed by atoms with Gasteiger partial charge in [-0.1, -0.05) is 27.7 Å². The summed E-state index contributed by atoms with van der Waals surface area (Å²) in [6, 6.07) is 0. The molecule has 0 aliphatic rings. The summed E-state index contributed by atoms with van der Waals surface area (Å²) in [5.41, 5.74) is 0.172. The second-order valence-electron chi connectivity index (χ2n) is 5.45. The highest BCUT2D eigenvalue weighted by atomic mass is 32.1. The fourth-order valence-electron chi connectivity index (χ4n) is 1.38. The van der Waals surface area contributed by atoms with Gasteiger partial charge >= 0.3 is 0 Å². The van der Waals surface area contributed by atoms with Gasteiger partial charge in [-0.2, -0.15) is 0 Å². The van der Waals surface area contributed by atoms with Gasteiger partial charge in [-0.25, -0.2) is 4.98 Å². The Balaban J connectivity index is 2.31. The SMILES string of the molecule is CCN(C)CCNCc1cnc(C(C)(C)C)s1. The predicted molar refractivity (Wildman–Crippen MR) is 75.7 cm³/mol. The Bertz CT molecular complexity index is 328. The van der Waals surface area contributed by atoms with Gasteiger partial charge in [0.2, 0.25) is 0 Å². The van der Waals surface area contributed by atoms with Gasteiger partial charge in [0.1, 0.15) is 0 Å². The van der Waals surface area contributed by atoms with Crippen molar-refractivity contribution in [1.82, 2.24) is 15.2 Å². The number of rotatable bonds is 6. The van der Waals surface area contributed by atoms with Crippen molar-refractivity contribution in [2.24, 2.45) is 0 Å². The van der Waals surface area contributed by atoms with Crippen LogP contribution < -0.4 is 5.32 Å². The topological polar surface area (TPSA) is 28.2 Å². The van der Waals surface area contributed by atoms with Gasteiger partial charge in [0, 0.05) is 36.1 Å². The zero-order chi connectivity index (χ0) is 12.9. The monoisotopic (exact) mass is 255 g/mol. The van der Waals surface area contributed by atoms with Crippen molar-refractivity contribution >= 4 is 11.3 Å². The van der Waals surface area contributed by atoms with Crippen molar-refractivity contribution in [3.63, 3.8) is 0 Å². The molecule has 1 rings (SSSR count). The Hall–Kier alpha value is -0.450. The molecule has 0 saturated heterocycles. The molecule has 3 nitrogen and oxygen atoms in total. The maximum Gasteiger partial charge on any atom is 0.0981 e. The van der Waals surface area contributed by atoms with Gasteiger partial charge in [-0.05, 0) is 13.6 Å². The van der Waals surface area contributed by atoms with Crippen LogP contribution in [0.5, 0.6) is 0 Å². The minimum Gasteiger partial charge on any atom is -0.311 e. The average Bonchev–Trinajstić information content (AvgIpc) is 2.72. The maximum absolute atomic E-state index is 4.49. The molecule has 1 heterocycles. The molecule has 1 aromatic rings. The van der Waals surface area contributed by atoms with E-state index in [1.807, 2.05) is 17.5 Å². The van der Waals surface area contributed by atoms with E-state index in [2.05, 4.69) is 49.9 Å². The lowest BCUT2D eigenvalue weighted by Gasteiger charge is -2.14. The van der Waals surface area contributed by atoms with Crippen LogP contribution in [0.25, 0.3) is 0 Å². The quantitative estimate of drug-likeness (QED) is 0.792. The van der Waals surface area contributed by atoms with E-state index in [-0.39, 0.29) is 5.41 Å². The molecule has 4 heteroatoms. The third-order valence-electron chi connectivity index (χ3n) is 2.70. The molecule has 0 fully saturated rings. The molecule has 0 amide bonds. The van der Waals surface area contributed by atoms with E-state index < -0.39 is 0 Å². The van der Waals surface area contributed by atoms with E-state index in [4.69, 9.17) is 0 Å². The van der Waals surface area contributed by atoms with E-state index in [0.29, 0.717) is 0 Å². The highest BCUT2D eigenvalue weighted by Gasteiger charge is 2.17. The molecule has 17 heavy (non-hydrogen) atoms. The molecule has 0 aliphatic heterocycles. The van der Waals surface area contributed by atoms with Crippen molar-refractivity contribution in [2.75, 3.05) is 26.7 Å². The summed E-state index contributed by atoms with van der Waals surface area (Å²) in [6.07, 6.45) is 2.00. The normalized spacial score (nSPS) is 12.4. The summed E-state index contributed by atoms with van der Waals surface area (Å²) < 4.78 is 0. The lowest BCUT2D eigenvalue weighted by molar-refractivity contribution is 0.349. The highest BCUT2D eigenvalue weighted by Crippen LogP contribution is 2.26. The Morgan fingerprint density at radius 3 is 2.65 bits per heavy atom. The summed E-state index contributed by atoms with van der Waals surface area (Å²) in [5, 5.41) is 4.68. The fraction of sp³-hybridized carbons (Fsp3) is 0.769. The molecule has 0 saturated carbocycles. The van der Waals surface area contributed by atoms with Crippen LogP contribution in [0.1, 0.15) is 37.6 Å². The zero-order valence-corrected chi connectivity index (χ0v) is 12.5. The summed E-state index contributed by atoms with van der Waals surface area (Å²) in [6.45, 7) is 13.0. The first-order valence-electron chi connectivity index (χ1n) is 6.28. The van der Waals surface area contributed by atoms with Crippen molar-refractivity contribution < 1.29 is 0 Å². The molecule has 0 unspecified atom stereocenters. The van der Waals surface area contributed by atoms with Crippen LogP contribution in [0, 0.1) is 0 Å². The molecule has 0 aliphatic carbocycles. The van der Waals surface area contributed by atoms with Gasteiger partial charge < -0.3 is 10.2 Å². The summed E-state index contributed by atoms with van der Waals surface area (Å²) in [5.74, 6) is 0. The lowest BCUT2D eigenvalue weighted by Crippen LogP contribution is -2.28. The van der Waals surface area contributed by atoms with E-state index in [9.17, 15) is 0 Å². The first-order chi connectivity index (χ1) is 7.93. The van der Waals surface area contributed by atoms with E-state index in [0.717, 1.165) is 26.2 Å². The summed E-state index contributed by atoms with van der Waals surface area (Å²) in [4.78, 5) is 8.12. The van der Waals surface area contributed by atoms with Crippen LogP contribution in [0.3, 0.4) is 0 Å². The Labute approximate surface area is 109 Å². The molecule has 1 aromatic heterocycles. The first-order valence-corrected chi connectivity index (χ1v) is 7.09. The van der Waals surface area contributed by atoms with Crippen LogP contribution in [0.2, 0.25) is 0 Å². The third-order valence-corrected chi connectivity index (χ3v) is 4.13. The number of aromatic nitrogens is 1. The summed E-state index contributed by atoms with van der Waals surface area (Å²) in [7, 11) is 2.14. The van der Waals surface area contributed by atoms with Crippen LogP contribution in [-0.4, -0.2) is 36.6 Å². The zero-order valence-electron chi connectivity index (χ0n) is 11.7. The lowest BCUT2D eigenvalue weighted by atomic mass is 9.98. The Morgan fingerprint density at radius 2 is 2.12 bits per heavy atom. The van der Waals surface area contributed by atoms with Crippen LogP contribution >= 0.6 is 11.3 Å². The first kappa shape index (κ1) is 14.6. The van der Waals surface area contributed by atoms with Gasteiger partial charge in [0.15, 0.2) is 0 Å². The molecular weight excluding hydrogens is 230 g/mol. The second-order valence-corrected chi connectivity index (χ2v) is 6.57. The van der Waals surface area contributed by atoms with E-state index in [1.165, 1.54) is 9.88 Å². The van der Waals surface area contributed by atoms with Crippen LogP contribution in [-0.2, 0) is 12.0 Å².